The molecule has 7 nitrogen and oxygen atoms in total. The second kappa shape index (κ2) is 11.2. The Labute approximate surface area is 224 Å². The Balaban J connectivity index is 0.00000304. The lowest BCUT2D eigenvalue weighted by atomic mass is 10.0. The highest BCUT2D eigenvalue weighted by molar-refractivity contribution is 7.29. The maximum absolute atomic E-state index is 13.0. The van der Waals surface area contributed by atoms with E-state index in [2.05, 4.69) is 39.7 Å². The number of nitrogens with one attached hydrogen (secondary N) is 1. The van der Waals surface area contributed by atoms with Gasteiger partial charge < -0.3 is 24.4 Å². The highest BCUT2D eigenvalue weighted by Crippen LogP contribution is 2.37. The number of thiophene rings is 2. The zero-order chi connectivity index (χ0) is 24.5. The van der Waals surface area contributed by atoms with Gasteiger partial charge in [-0.3, -0.25) is 9.59 Å². The molecule has 0 unspecified atom stereocenters. The van der Waals surface area contributed by atoms with E-state index in [1.54, 1.807) is 30.1 Å². The third-order valence-electron chi connectivity index (χ3n) is 7.01. The van der Waals surface area contributed by atoms with E-state index in [1.807, 2.05) is 29.5 Å². The molecule has 36 heavy (non-hydrogen) atoms. The normalized spacial score (nSPS) is 14.6. The average molecular weight is 547 g/mol. The van der Waals surface area contributed by atoms with Crippen LogP contribution in [0.2, 0.25) is 0 Å². The quantitative estimate of drug-likeness (QED) is 0.365. The lowest BCUT2D eigenvalue weighted by molar-refractivity contribution is 0.0964. The van der Waals surface area contributed by atoms with Crippen LogP contribution in [0.25, 0.3) is 20.3 Å². The molecule has 1 N–H and O–H groups in total. The van der Waals surface area contributed by atoms with Crippen molar-refractivity contribution in [3.8, 4) is 5.75 Å². The van der Waals surface area contributed by atoms with E-state index in [0.29, 0.717) is 23.9 Å². The second-order valence-corrected chi connectivity index (χ2v) is 10.9. The van der Waals surface area contributed by atoms with E-state index >= 15 is 0 Å². The Morgan fingerprint density at radius 2 is 1.92 bits per heavy atom. The maximum Gasteiger partial charge on any atom is 0.251 e. The Bertz CT molecular complexity index is 1390. The van der Waals surface area contributed by atoms with Crippen LogP contribution in [0.1, 0.15) is 23.2 Å². The number of ether oxygens (including phenoxy) is 1. The zero-order valence-corrected chi connectivity index (χ0v) is 23.1. The number of pyridine rings is 1. The monoisotopic (exact) mass is 546 g/mol. The van der Waals surface area contributed by atoms with Crippen LogP contribution in [0.3, 0.4) is 0 Å². The summed E-state index contributed by atoms with van der Waals surface area (Å²) in [6, 6.07) is 12.0. The molecule has 0 radical (unpaired) electrons. The van der Waals surface area contributed by atoms with Crippen LogP contribution in [0.5, 0.6) is 5.75 Å². The molecule has 4 aromatic rings. The van der Waals surface area contributed by atoms with Crippen LogP contribution in [0.15, 0.2) is 46.6 Å². The number of carbonyl (C=O) groups is 1. The van der Waals surface area contributed by atoms with Gasteiger partial charge in [-0.05, 0) is 42.5 Å². The summed E-state index contributed by atoms with van der Waals surface area (Å²) < 4.78 is 9.89. The minimum absolute atomic E-state index is 0. The lowest BCUT2D eigenvalue weighted by Crippen LogP contribution is -2.44. The van der Waals surface area contributed by atoms with Crippen molar-refractivity contribution >= 4 is 66.3 Å². The fraction of sp³-hybridized carbons (Fsp3) is 0.385. The molecule has 4 heterocycles. The van der Waals surface area contributed by atoms with Gasteiger partial charge in [0.05, 0.1) is 23.2 Å². The Morgan fingerprint density at radius 3 is 2.61 bits per heavy atom. The number of halogens is 1. The summed E-state index contributed by atoms with van der Waals surface area (Å²) in [4.78, 5) is 30.3. The van der Waals surface area contributed by atoms with Crippen LogP contribution >= 0.6 is 35.1 Å². The Kier molecular flexibility index (Phi) is 8.24. The van der Waals surface area contributed by atoms with E-state index in [4.69, 9.17) is 4.74 Å². The van der Waals surface area contributed by atoms with Crippen LogP contribution in [-0.2, 0) is 6.54 Å². The Hall–Kier alpha value is -2.59. The molecule has 1 fully saturated rings. The van der Waals surface area contributed by atoms with Gasteiger partial charge in [0.1, 0.15) is 5.75 Å². The van der Waals surface area contributed by atoms with Gasteiger partial charge in [-0.2, -0.15) is 0 Å². The number of anilines is 1. The number of hydrogen-bond acceptors (Lipinski definition) is 7. The number of methoxy groups -OCH3 is 1. The van der Waals surface area contributed by atoms with Crippen LogP contribution in [0.4, 0.5) is 5.00 Å². The fourth-order valence-electron chi connectivity index (χ4n) is 4.92. The second-order valence-electron chi connectivity index (χ2n) is 8.93. The van der Waals surface area contributed by atoms with Crippen LogP contribution in [-0.4, -0.2) is 62.3 Å². The number of rotatable bonds is 7. The first-order valence-corrected chi connectivity index (χ1v) is 13.5. The molecule has 3 aromatic heterocycles. The van der Waals surface area contributed by atoms with Gasteiger partial charge in [-0.25, -0.2) is 0 Å². The van der Waals surface area contributed by atoms with Crippen molar-refractivity contribution in [2.24, 2.45) is 0 Å². The average Bonchev–Trinajstić information content (AvgIpc) is 3.49. The fourth-order valence-corrected chi connectivity index (χ4v) is 7.05. The lowest BCUT2D eigenvalue weighted by Gasteiger charge is -2.37. The minimum Gasteiger partial charge on any atom is -0.497 e. The summed E-state index contributed by atoms with van der Waals surface area (Å²) in [7, 11) is 5.39. The van der Waals surface area contributed by atoms with E-state index in [1.165, 1.54) is 20.5 Å². The van der Waals surface area contributed by atoms with E-state index < -0.39 is 0 Å². The predicted molar refractivity (Wildman–Crippen MR) is 153 cm³/mol. The summed E-state index contributed by atoms with van der Waals surface area (Å²) >= 11 is 3.67. The van der Waals surface area contributed by atoms with Crippen LogP contribution in [0, 0.1) is 0 Å². The predicted octanol–water partition coefficient (Wildman–Crippen LogP) is 4.67. The molecule has 0 spiro atoms. The molecular weight excluding hydrogens is 516 g/mol. The summed E-state index contributed by atoms with van der Waals surface area (Å²) in [5.41, 5.74) is 0.947. The smallest absolute Gasteiger partial charge is 0.251 e. The summed E-state index contributed by atoms with van der Waals surface area (Å²) in [6.07, 6.45) is 2.20. The van der Waals surface area contributed by atoms with Crippen LogP contribution < -0.4 is 20.5 Å². The largest absolute Gasteiger partial charge is 0.497 e. The number of carbonyl (C=O) groups excluding carboxylic acids is 1. The molecule has 0 atom stereocenters. The summed E-state index contributed by atoms with van der Waals surface area (Å²) in [5.74, 6) is 0.401. The molecule has 1 amide bonds. The van der Waals surface area contributed by atoms with Crippen molar-refractivity contribution in [2.75, 3.05) is 45.7 Å². The van der Waals surface area contributed by atoms with Crippen molar-refractivity contribution in [1.29, 1.82) is 0 Å². The van der Waals surface area contributed by atoms with Crippen molar-refractivity contribution in [1.82, 2.24) is 14.8 Å². The van der Waals surface area contributed by atoms with Gasteiger partial charge in [0.25, 0.3) is 11.5 Å². The standard InChI is InChI=1S/C26H30N4O3S2.ClH/c1-27-26(32)20-15-24(31)30(21-14-18(33-3)4-5-19(20)21)12-11-29-9-6-17(7-10-29)28(2)25-16-23-22(35-25)8-13-34-23;/h4-5,8,13-17H,6-7,9-12H2,1-3H3,(H,27,32);1H. The molecule has 0 saturated carbocycles. The third-order valence-corrected chi connectivity index (χ3v) is 9.19. The van der Waals surface area contributed by atoms with Gasteiger partial charge in [0, 0.05) is 73.2 Å². The van der Waals surface area contributed by atoms with Crippen molar-refractivity contribution in [3.63, 3.8) is 0 Å². The highest BCUT2D eigenvalue weighted by Gasteiger charge is 2.24. The summed E-state index contributed by atoms with van der Waals surface area (Å²) in [5, 5.41) is 6.88. The van der Waals surface area contributed by atoms with Gasteiger partial charge in [-0.15, -0.1) is 35.1 Å². The summed E-state index contributed by atoms with van der Waals surface area (Å²) in [6.45, 7) is 3.36. The SMILES string of the molecule is CNC(=O)c1cc(=O)n(CCN2CCC(N(C)c3cc4sccc4s3)CC2)c2cc(OC)ccc12.Cl. The number of aromatic nitrogens is 1. The number of piperidine rings is 1. The molecule has 1 aliphatic heterocycles. The van der Waals surface area contributed by atoms with E-state index in [0.717, 1.165) is 43.4 Å². The zero-order valence-electron chi connectivity index (χ0n) is 20.7. The van der Waals surface area contributed by atoms with Crippen molar-refractivity contribution in [2.45, 2.75) is 25.4 Å². The van der Waals surface area contributed by atoms with E-state index in [-0.39, 0.29) is 23.9 Å². The maximum atomic E-state index is 13.0. The molecule has 192 valence electrons. The van der Waals surface area contributed by atoms with Crippen molar-refractivity contribution in [3.05, 3.63) is 57.7 Å². The number of likely N-dealkylation sites (tertiary alicyclic amines) is 1. The topological polar surface area (TPSA) is 66.8 Å². The molecule has 1 aromatic carbocycles. The molecular formula is C26H31ClN4O3S2. The number of nitrogens with zero attached hydrogens (tertiary/aromatic N) is 3. The first-order valence-electron chi connectivity index (χ1n) is 11.8. The molecule has 1 saturated heterocycles. The molecule has 1 aliphatic rings. The first kappa shape index (κ1) is 26.5. The number of fused-ring (bicyclic) bond motifs is 2. The van der Waals surface area contributed by atoms with Gasteiger partial charge in [0.15, 0.2) is 0 Å². The Morgan fingerprint density at radius 1 is 1.14 bits per heavy atom. The van der Waals surface area contributed by atoms with Gasteiger partial charge in [0.2, 0.25) is 0 Å². The van der Waals surface area contributed by atoms with Gasteiger partial charge in [-0.1, -0.05) is 0 Å². The molecule has 0 aliphatic carbocycles. The van der Waals surface area contributed by atoms with Gasteiger partial charge >= 0.3 is 0 Å². The first-order chi connectivity index (χ1) is 17.0. The third kappa shape index (κ3) is 5.11. The van der Waals surface area contributed by atoms with E-state index in [9.17, 15) is 9.59 Å². The van der Waals surface area contributed by atoms with Crippen molar-refractivity contribution < 1.29 is 9.53 Å². The molecule has 10 heteroatoms. The minimum atomic E-state index is -0.263. The molecule has 0 bridgehead atoms. The molecule has 5 rings (SSSR count). The highest BCUT2D eigenvalue weighted by atomic mass is 35.5. The number of amides is 1. The number of benzene rings is 1. The number of hydrogen-bond donors (Lipinski definition) is 1.